The molecule has 3 rings (SSSR count). The second-order valence-electron chi connectivity index (χ2n) is 6.70. The van der Waals surface area contributed by atoms with Crippen LogP contribution >= 0.6 is 46.4 Å². The van der Waals surface area contributed by atoms with Crippen molar-refractivity contribution in [3.63, 3.8) is 0 Å². The molecule has 6 nitrogen and oxygen atoms in total. The largest absolute Gasteiger partial charge is 0.320 e. The fraction of sp³-hybridized carbons (Fsp3) is 0.0909. The molecular weight excluding hydrogens is 528 g/mol. The molecule has 33 heavy (non-hydrogen) atoms. The van der Waals surface area contributed by atoms with Gasteiger partial charge < -0.3 is 5.32 Å². The Morgan fingerprint density at radius 3 is 2.09 bits per heavy atom. The average Bonchev–Trinajstić information content (AvgIpc) is 2.81. The molecule has 3 aromatic rings. The number of sulfonamides is 1. The number of benzene rings is 3. The number of amides is 1. The molecule has 0 bridgehead atoms. The van der Waals surface area contributed by atoms with Gasteiger partial charge in [0, 0.05) is 16.1 Å². The van der Waals surface area contributed by atoms with Crippen LogP contribution in [0.1, 0.15) is 27.4 Å². The van der Waals surface area contributed by atoms with Gasteiger partial charge in [0.25, 0.3) is 5.91 Å². The van der Waals surface area contributed by atoms with Crippen molar-refractivity contribution in [1.82, 2.24) is 4.72 Å². The minimum Gasteiger partial charge on any atom is -0.320 e. The Kier molecular flexibility index (Phi) is 7.91. The summed E-state index contributed by atoms with van der Waals surface area (Å²) >= 11 is 25.0. The van der Waals surface area contributed by atoms with Crippen LogP contribution in [0.15, 0.2) is 59.5 Å². The molecule has 170 valence electrons. The first-order chi connectivity index (χ1) is 15.6. The normalized spacial score (nSPS) is 12.1. The van der Waals surface area contributed by atoms with E-state index in [1.807, 2.05) is 0 Å². The first-order valence-electron chi connectivity index (χ1n) is 9.27. The first-order valence-corrected chi connectivity index (χ1v) is 12.3. The lowest BCUT2D eigenvalue weighted by Gasteiger charge is -2.23. The van der Waals surface area contributed by atoms with E-state index < -0.39 is 31.8 Å². The first kappa shape index (κ1) is 25.3. The van der Waals surface area contributed by atoms with Gasteiger partial charge in [-0.3, -0.25) is 4.79 Å². The molecule has 0 heterocycles. The lowest BCUT2D eigenvalue weighted by atomic mass is 9.91. The molecule has 0 aliphatic carbocycles. The van der Waals surface area contributed by atoms with E-state index in [4.69, 9.17) is 46.4 Å². The molecule has 0 aliphatic rings. The average molecular weight is 543 g/mol. The zero-order valence-corrected chi connectivity index (χ0v) is 20.7. The third kappa shape index (κ3) is 5.12. The predicted molar refractivity (Wildman–Crippen MR) is 131 cm³/mol. The van der Waals surface area contributed by atoms with Crippen LogP contribution in [0, 0.1) is 11.3 Å². The van der Waals surface area contributed by atoms with Crippen molar-refractivity contribution >= 4 is 68.0 Å². The summed E-state index contributed by atoms with van der Waals surface area (Å²) < 4.78 is 28.0. The Hall–Kier alpha value is -2.31. The number of nitrogens with zero attached hydrogens (tertiary/aromatic N) is 1. The van der Waals surface area contributed by atoms with Crippen molar-refractivity contribution in [2.45, 2.75) is 10.8 Å². The van der Waals surface area contributed by atoms with E-state index in [0.717, 1.165) is 0 Å². The Morgan fingerprint density at radius 2 is 1.55 bits per heavy atom. The van der Waals surface area contributed by atoms with Crippen molar-refractivity contribution in [2.75, 3.05) is 12.4 Å². The number of nitriles is 1. The van der Waals surface area contributed by atoms with Crippen LogP contribution in [0.2, 0.25) is 20.1 Å². The molecule has 0 aromatic heterocycles. The predicted octanol–water partition coefficient (Wildman–Crippen LogP) is 6.12. The van der Waals surface area contributed by atoms with Gasteiger partial charge in [0.05, 0.1) is 32.7 Å². The molecule has 0 saturated carbocycles. The Labute approximate surface area is 211 Å². The lowest BCUT2D eigenvalue weighted by Crippen LogP contribution is -2.24. The maximum absolute atomic E-state index is 13.0. The van der Waals surface area contributed by atoms with Crippen molar-refractivity contribution in [3.8, 4) is 6.07 Å². The molecule has 0 spiro atoms. The highest BCUT2D eigenvalue weighted by molar-refractivity contribution is 7.89. The fourth-order valence-electron chi connectivity index (χ4n) is 3.14. The summed E-state index contributed by atoms with van der Waals surface area (Å²) in [5.74, 6) is -1.74. The van der Waals surface area contributed by atoms with Gasteiger partial charge in [0.15, 0.2) is 0 Å². The van der Waals surface area contributed by atoms with Crippen LogP contribution in [0.3, 0.4) is 0 Å². The zero-order valence-electron chi connectivity index (χ0n) is 16.9. The van der Waals surface area contributed by atoms with Gasteiger partial charge in [0.1, 0.15) is 4.90 Å². The number of carbonyl (C=O) groups is 1. The summed E-state index contributed by atoms with van der Waals surface area (Å²) in [5.41, 5.74) is 0.428. The highest BCUT2D eigenvalue weighted by atomic mass is 35.5. The summed E-state index contributed by atoms with van der Waals surface area (Å²) in [6, 6.07) is 16.5. The standard InChI is InChI=1S/C22H15Cl4N3O3S/c1-28-33(31,32)21-19(26)18(25)17(24)16(15(11-27)12-7-9-14(23)10-8-12)20(21)29-22(30)13-5-3-2-4-6-13/h2-10,15,28H,1H3,(H,29,30). The minimum absolute atomic E-state index is 0.0194. The van der Waals surface area contributed by atoms with Crippen molar-refractivity contribution in [1.29, 1.82) is 5.26 Å². The molecule has 2 N–H and O–H groups in total. The summed E-state index contributed by atoms with van der Waals surface area (Å²) in [7, 11) is -3.07. The van der Waals surface area contributed by atoms with E-state index in [-0.39, 0.29) is 26.9 Å². The van der Waals surface area contributed by atoms with Crippen LogP contribution in [0.25, 0.3) is 0 Å². The summed E-state index contributed by atoms with van der Waals surface area (Å²) in [5, 5.41) is 12.2. The maximum Gasteiger partial charge on any atom is 0.255 e. The number of hydrogen-bond acceptors (Lipinski definition) is 4. The topological polar surface area (TPSA) is 99.1 Å². The fourth-order valence-corrected chi connectivity index (χ4v) is 5.33. The molecule has 0 radical (unpaired) electrons. The van der Waals surface area contributed by atoms with E-state index in [1.54, 1.807) is 54.6 Å². The Morgan fingerprint density at radius 1 is 0.939 bits per heavy atom. The van der Waals surface area contributed by atoms with Crippen LogP contribution < -0.4 is 10.0 Å². The van der Waals surface area contributed by atoms with E-state index in [9.17, 15) is 18.5 Å². The van der Waals surface area contributed by atoms with Gasteiger partial charge in [-0.15, -0.1) is 0 Å². The quantitative estimate of drug-likeness (QED) is 0.367. The number of halogens is 4. The highest BCUT2D eigenvalue weighted by Crippen LogP contribution is 2.48. The Bertz CT molecular complexity index is 1360. The lowest BCUT2D eigenvalue weighted by molar-refractivity contribution is 0.102. The van der Waals surface area contributed by atoms with Crippen LogP contribution in [-0.2, 0) is 10.0 Å². The highest BCUT2D eigenvalue weighted by Gasteiger charge is 2.33. The van der Waals surface area contributed by atoms with E-state index in [2.05, 4.69) is 16.1 Å². The molecule has 0 fully saturated rings. The number of carbonyl (C=O) groups excluding carboxylic acids is 1. The van der Waals surface area contributed by atoms with Gasteiger partial charge in [-0.05, 0) is 36.9 Å². The third-order valence-electron chi connectivity index (χ3n) is 4.75. The van der Waals surface area contributed by atoms with Crippen molar-refractivity contribution in [3.05, 3.63) is 91.4 Å². The van der Waals surface area contributed by atoms with E-state index in [0.29, 0.717) is 10.6 Å². The SMILES string of the molecule is CNS(=O)(=O)c1c(Cl)c(Cl)c(Cl)c(C(C#N)c2ccc(Cl)cc2)c1NC(=O)c1ccccc1. The van der Waals surface area contributed by atoms with Crippen LogP contribution in [0.4, 0.5) is 5.69 Å². The second kappa shape index (κ2) is 10.3. The molecule has 1 atom stereocenters. The third-order valence-corrected chi connectivity index (χ3v) is 7.94. The van der Waals surface area contributed by atoms with Gasteiger partial charge in [-0.25, -0.2) is 13.1 Å². The zero-order chi connectivity index (χ0) is 24.3. The van der Waals surface area contributed by atoms with Gasteiger partial charge in [-0.1, -0.05) is 76.7 Å². The smallest absolute Gasteiger partial charge is 0.255 e. The minimum atomic E-state index is -4.25. The summed E-state index contributed by atoms with van der Waals surface area (Å²) in [6.45, 7) is 0. The van der Waals surface area contributed by atoms with Gasteiger partial charge >= 0.3 is 0 Å². The van der Waals surface area contributed by atoms with Gasteiger partial charge in [-0.2, -0.15) is 5.26 Å². The molecule has 1 amide bonds. The molecule has 0 saturated heterocycles. The van der Waals surface area contributed by atoms with E-state index in [1.165, 1.54) is 7.05 Å². The monoisotopic (exact) mass is 541 g/mol. The second-order valence-corrected chi connectivity index (χ2v) is 10.1. The number of hydrogen-bond donors (Lipinski definition) is 2. The molecular formula is C22H15Cl4N3O3S. The maximum atomic E-state index is 13.0. The molecule has 0 aliphatic heterocycles. The molecule has 1 unspecified atom stereocenters. The van der Waals surface area contributed by atoms with E-state index >= 15 is 0 Å². The van der Waals surface area contributed by atoms with Crippen LogP contribution in [0.5, 0.6) is 0 Å². The number of rotatable bonds is 6. The summed E-state index contributed by atoms with van der Waals surface area (Å²) in [4.78, 5) is 12.5. The Balaban J connectivity index is 2.37. The van der Waals surface area contributed by atoms with Crippen LogP contribution in [-0.4, -0.2) is 21.4 Å². The van der Waals surface area contributed by atoms with Gasteiger partial charge in [0.2, 0.25) is 10.0 Å². The number of anilines is 1. The van der Waals surface area contributed by atoms with Crippen molar-refractivity contribution in [2.24, 2.45) is 0 Å². The summed E-state index contributed by atoms with van der Waals surface area (Å²) in [6.07, 6.45) is 0. The molecule has 3 aromatic carbocycles. The van der Waals surface area contributed by atoms with Crippen molar-refractivity contribution < 1.29 is 13.2 Å². The molecule has 11 heteroatoms. The number of nitrogens with one attached hydrogen (secondary N) is 2.